The molecule has 1 fully saturated rings. The van der Waals surface area contributed by atoms with Crippen LogP contribution < -0.4 is 15.5 Å². The first-order valence-corrected chi connectivity index (χ1v) is 12.0. The number of benzene rings is 1. The lowest BCUT2D eigenvalue weighted by Gasteiger charge is -2.21. The maximum Gasteiger partial charge on any atom is 0.414 e. The van der Waals surface area contributed by atoms with E-state index >= 15 is 0 Å². The van der Waals surface area contributed by atoms with Gasteiger partial charge in [-0.2, -0.15) is 20.3 Å². The summed E-state index contributed by atoms with van der Waals surface area (Å²) >= 11 is 12.6. The molecule has 11 nitrogen and oxygen atoms in total. The van der Waals surface area contributed by atoms with Crippen LogP contribution in [0.2, 0.25) is 10.0 Å². The summed E-state index contributed by atoms with van der Waals surface area (Å²) in [5.74, 6) is -0.525. The largest absolute Gasteiger partial charge is 0.504 e. The summed E-state index contributed by atoms with van der Waals surface area (Å²) in [5.41, 5.74) is 2.59. The van der Waals surface area contributed by atoms with Gasteiger partial charge in [-0.05, 0) is 31.4 Å². The van der Waals surface area contributed by atoms with Gasteiger partial charge in [-0.1, -0.05) is 55.3 Å². The van der Waals surface area contributed by atoms with E-state index in [0.29, 0.717) is 18.0 Å². The number of amides is 2. The van der Waals surface area contributed by atoms with E-state index in [4.69, 9.17) is 33.2 Å². The van der Waals surface area contributed by atoms with Gasteiger partial charge in [0, 0.05) is 0 Å². The highest BCUT2D eigenvalue weighted by molar-refractivity contribution is 6.47. The zero-order chi connectivity index (χ0) is 26.1. The summed E-state index contributed by atoms with van der Waals surface area (Å²) in [5, 5.41) is 25.0. The zero-order valence-electron chi connectivity index (χ0n) is 19.4. The second kappa shape index (κ2) is 12.9. The number of imide groups is 1. The molecule has 190 valence electrons. The van der Waals surface area contributed by atoms with E-state index in [1.54, 1.807) is 13.0 Å². The number of ether oxygens (including phenoxy) is 2. The Balaban J connectivity index is 1.71. The molecule has 1 aromatic carbocycles. The number of anilines is 1. The fourth-order valence-electron chi connectivity index (χ4n) is 3.64. The SMILES string of the molecule is CCOC(=O)NC(=O)/C(C#N)=N/Nc1cc(Cl)c(Oc2ncc(O)c(CC3CCCCC3)n2)c(Cl)c1. The molecule has 0 aliphatic heterocycles. The van der Waals surface area contributed by atoms with E-state index in [2.05, 4.69) is 25.2 Å². The van der Waals surface area contributed by atoms with Crippen LogP contribution in [0.1, 0.15) is 44.7 Å². The van der Waals surface area contributed by atoms with Crippen molar-refractivity contribution in [2.45, 2.75) is 45.4 Å². The van der Waals surface area contributed by atoms with Crippen LogP contribution in [0.4, 0.5) is 10.5 Å². The van der Waals surface area contributed by atoms with E-state index < -0.39 is 17.7 Å². The molecule has 0 atom stereocenters. The summed E-state index contributed by atoms with van der Waals surface area (Å²) in [4.78, 5) is 31.6. The van der Waals surface area contributed by atoms with Gasteiger partial charge in [0.15, 0.2) is 11.5 Å². The van der Waals surface area contributed by atoms with Crippen LogP contribution in [0.5, 0.6) is 17.5 Å². The van der Waals surface area contributed by atoms with Gasteiger partial charge in [0.2, 0.25) is 5.71 Å². The minimum Gasteiger partial charge on any atom is -0.504 e. The lowest BCUT2D eigenvalue weighted by atomic mass is 9.86. The van der Waals surface area contributed by atoms with E-state index in [9.17, 15) is 14.7 Å². The lowest BCUT2D eigenvalue weighted by Crippen LogP contribution is -2.36. The van der Waals surface area contributed by atoms with Crippen molar-refractivity contribution in [2.24, 2.45) is 11.0 Å². The third-order valence-corrected chi connectivity index (χ3v) is 5.89. The van der Waals surface area contributed by atoms with E-state index in [-0.39, 0.29) is 39.8 Å². The highest BCUT2D eigenvalue weighted by atomic mass is 35.5. The van der Waals surface area contributed by atoms with Crippen molar-refractivity contribution in [3.8, 4) is 23.6 Å². The molecule has 0 unspecified atom stereocenters. The standard InChI is InChI=1S/C23H24Cl2N6O5/c1-2-35-23(34)29-21(33)18(11-26)31-30-14-9-15(24)20(16(25)10-14)36-22-27-12-19(32)17(28-22)8-13-6-4-3-5-7-13/h9-10,12-13,30,32H,2-8H2,1H3,(H,29,33,34)/b31-18+. The quantitative estimate of drug-likeness (QED) is 0.313. The lowest BCUT2D eigenvalue weighted by molar-refractivity contribution is -0.114. The molecule has 2 aromatic rings. The van der Waals surface area contributed by atoms with Crippen molar-refractivity contribution in [3.05, 3.63) is 34.1 Å². The van der Waals surface area contributed by atoms with Gasteiger partial charge >= 0.3 is 12.1 Å². The molecule has 1 aromatic heterocycles. The van der Waals surface area contributed by atoms with Crippen LogP contribution in [0.15, 0.2) is 23.4 Å². The second-order valence-corrected chi connectivity index (χ2v) is 8.74. The number of halogens is 2. The molecule has 3 N–H and O–H groups in total. The van der Waals surface area contributed by atoms with Gasteiger partial charge in [0.1, 0.15) is 6.07 Å². The molecule has 3 rings (SSSR count). The Hall–Kier alpha value is -3.62. The maximum absolute atomic E-state index is 11.9. The number of hydrogen-bond donors (Lipinski definition) is 3. The van der Waals surface area contributed by atoms with Crippen molar-refractivity contribution in [3.63, 3.8) is 0 Å². The zero-order valence-corrected chi connectivity index (χ0v) is 20.9. The molecule has 0 radical (unpaired) electrons. The van der Waals surface area contributed by atoms with Crippen LogP contribution in [-0.4, -0.2) is 39.4 Å². The highest BCUT2D eigenvalue weighted by Crippen LogP contribution is 2.38. The first kappa shape index (κ1) is 27.0. The van der Waals surface area contributed by atoms with E-state index in [0.717, 1.165) is 12.8 Å². The van der Waals surface area contributed by atoms with Gasteiger partial charge in [-0.25, -0.2) is 4.79 Å². The third kappa shape index (κ3) is 7.44. The van der Waals surface area contributed by atoms with Crippen molar-refractivity contribution >= 4 is 46.6 Å². The molecule has 2 amide bonds. The Morgan fingerprint density at radius 1 is 1.25 bits per heavy atom. The fourth-order valence-corrected chi connectivity index (χ4v) is 4.20. The van der Waals surface area contributed by atoms with Crippen molar-refractivity contribution in [1.82, 2.24) is 15.3 Å². The minimum absolute atomic E-state index is 0.00261. The maximum atomic E-state index is 11.9. The van der Waals surface area contributed by atoms with E-state index in [1.165, 1.54) is 37.6 Å². The summed E-state index contributed by atoms with van der Waals surface area (Å²) < 4.78 is 10.3. The smallest absolute Gasteiger partial charge is 0.414 e. The van der Waals surface area contributed by atoms with Crippen LogP contribution in [0.25, 0.3) is 0 Å². The number of nitriles is 1. The Bertz CT molecular complexity index is 1170. The molecule has 1 aliphatic rings. The highest BCUT2D eigenvalue weighted by Gasteiger charge is 2.20. The van der Waals surface area contributed by atoms with Crippen molar-refractivity contribution in [1.29, 1.82) is 5.26 Å². The van der Waals surface area contributed by atoms with Crippen LogP contribution in [-0.2, 0) is 16.0 Å². The average molecular weight is 535 g/mol. The van der Waals surface area contributed by atoms with Gasteiger partial charge < -0.3 is 14.6 Å². The topological polar surface area (TPSA) is 159 Å². The number of nitrogens with one attached hydrogen (secondary N) is 2. The Morgan fingerprint density at radius 3 is 2.58 bits per heavy atom. The van der Waals surface area contributed by atoms with Crippen molar-refractivity contribution in [2.75, 3.05) is 12.0 Å². The molecule has 1 saturated carbocycles. The van der Waals surface area contributed by atoms with Gasteiger partial charge in [-0.3, -0.25) is 15.5 Å². The van der Waals surface area contributed by atoms with Crippen LogP contribution in [0.3, 0.4) is 0 Å². The molecule has 0 bridgehead atoms. The summed E-state index contributed by atoms with van der Waals surface area (Å²) in [6.45, 7) is 1.62. The van der Waals surface area contributed by atoms with Crippen molar-refractivity contribution < 1.29 is 24.2 Å². The molecule has 0 spiro atoms. The Labute approximate surface area is 217 Å². The fraction of sp³-hybridized carbons (Fsp3) is 0.391. The predicted molar refractivity (Wildman–Crippen MR) is 132 cm³/mol. The number of hydrogen-bond acceptors (Lipinski definition) is 10. The number of aromatic hydroxyl groups is 1. The molecule has 0 saturated heterocycles. The number of hydrazone groups is 1. The third-order valence-electron chi connectivity index (χ3n) is 5.33. The Morgan fingerprint density at radius 2 is 1.94 bits per heavy atom. The minimum atomic E-state index is -1.05. The van der Waals surface area contributed by atoms with E-state index in [1.807, 2.05) is 5.32 Å². The first-order valence-electron chi connectivity index (χ1n) is 11.2. The molecule has 1 aliphatic carbocycles. The predicted octanol–water partition coefficient (Wildman–Crippen LogP) is 4.97. The summed E-state index contributed by atoms with van der Waals surface area (Å²) in [6.07, 6.45) is 6.64. The monoisotopic (exact) mass is 534 g/mol. The normalized spacial score (nSPS) is 14.0. The first-order chi connectivity index (χ1) is 17.3. The molecule has 1 heterocycles. The van der Waals surface area contributed by atoms with Crippen LogP contribution >= 0.6 is 23.2 Å². The second-order valence-electron chi connectivity index (χ2n) is 7.92. The average Bonchev–Trinajstić information content (AvgIpc) is 2.84. The van der Waals surface area contributed by atoms with Crippen LogP contribution in [0, 0.1) is 17.2 Å². The molecular formula is C23H24Cl2N6O5. The number of rotatable bonds is 8. The summed E-state index contributed by atoms with van der Waals surface area (Å²) in [7, 11) is 0. The number of carbonyl (C=O) groups excluding carboxylic acids is 2. The van der Waals surface area contributed by atoms with Gasteiger partial charge in [-0.15, -0.1) is 0 Å². The number of alkyl carbamates (subject to hydrolysis) is 1. The molecule has 13 heteroatoms. The number of carbonyl (C=O) groups is 2. The number of nitrogens with zero attached hydrogens (tertiary/aromatic N) is 4. The van der Waals surface area contributed by atoms with Gasteiger partial charge in [0.25, 0.3) is 5.91 Å². The number of aromatic nitrogens is 2. The summed E-state index contributed by atoms with van der Waals surface area (Å²) in [6, 6.07) is 4.34. The van der Waals surface area contributed by atoms with Gasteiger partial charge in [0.05, 0.1) is 34.2 Å². The Kier molecular flexibility index (Phi) is 9.67. The molecular weight excluding hydrogens is 511 g/mol. The molecule has 36 heavy (non-hydrogen) atoms.